The number of carboxylic acid groups (broad SMARTS) is 2. The third-order valence-electron chi connectivity index (χ3n) is 8.09. The van der Waals surface area contributed by atoms with E-state index in [0.717, 1.165) is 31.2 Å². The normalized spacial score (nSPS) is 22.8. The highest BCUT2D eigenvalue weighted by atomic mass is 16.5. The number of carbonyl (C=O) groups excluding carboxylic acids is 2. The van der Waals surface area contributed by atoms with Gasteiger partial charge in [-0.05, 0) is 79.6 Å². The van der Waals surface area contributed by atoms with Crippen LogP contribution in [0.4, 0.5) is 11.4 Å². The van der Waals surface area contributed by atoms with Crippen molar-refractivity contribution in [3.63, 3.8) is 0 Å². The topological polar surface area (TPSA) is 142 Å². The van der Waals surface area contributed by atoms with Gasteiger partial charge in [0.1, 0.15) is 11.5 Å². The van der Waals surface area contributed by atoms with Crippen molar-refractivity contribution in [2.24, 2.45) is 23.7 Å². The first kappa shape index (κ1) is 29.1. The quantitative estimate of drug-likeness (QED) is 0.289. The van der Waals surface area contributed by atoms with E-state index in [4.69, 9.17) is 4.74 Å². The van der Waals surface area contributed by atoms with Crippen molar-refractivity contribution in [3.8, 4) is 11.5 Å². The summed E-state index contributed by atoms with van der Waals surface area (Å²) in [5, 5.41) is 24.8. The van der Waals surface area contributed by atoms with Crippen molar-refractivity contribution in [3.05, 3.63) is 48.0 Å². The standard InChI is InChI=1S/C31H38N2O7/c1-18(2)26-17-20(33-29(35)23-8-4-6-10-25(23)31(38)39)13-16-27(26)40-21-14-11-19(12-15-21)32-28(34)22-7-3-5-9-24(22)30(36)37/h11-18,22-25H,3-10H2,1-2H3,(H,32,34)(H,33,35)(H,36,37)(H,38,39). The molecule has 2 aliphatic rings. The maximum absolute atomic E-state index is 12.9. The number of hydrogen-bond donors (Lipinski definition) is 4. The molecule has 4 rings (SSSR count). The Labute approximate surface area is 234 Å². The van der Waals surface area contributed by atoms with E-state index in [-0.39, 0.29) is 17.7 Å². The second-order valence-electron chi connectivity index (χ2n) is 11.2. The van der Waals surface area contributed by atoms with Gasteiger partial charge in [0.15, 0.2) is 0 Å². The number of hydrogen-bond acceptors (Lipinski definition) is 5. The van der Waals surface area contributed by atoms with Gasteiger partial charge < -0.3 is 25.6 Å². The molecular formula is C31H38N2O7. The highest BCUT2D eigenvalue weighted by Crippen LogP contribution is 2.36. The monoisotopic (exact) mass is 550 g/mol. The largest absolute Gasteiger partial charge is 0.481 e. The highest BCUT2D eigenvalue weighted by Gasteiger charge is 2.36. The Morgan fingerprint density at radius 2 is 1.15 bits per heavy atom. The Bertz CT molecular complexity index is 1240. The minimum absolute atomic E-state index is 0.0875. The van der Waals surface area contributed by atoms with Gasteiger partial charge in [0.25, 0.3) is 0 Å². The molecule has 0 aliphatic heterocycles. The van der Waals surface area contributed by atoms with Gasteiger partial charge in [-0.3, -0.25) is 19.2 Å². The maximum atomic E-state index is 12.9. The van der Waals surface area contributed by atoms with Crippen molar-refractivity contribution >= 4 is 35.1 Å². The van der Waals surface area contributed by atoms with Crippen LogP contribution in [-0.4, -0.2) is 34.0 Å². The Morgan fingerprint density at radius 1 is 0.700 bits per heavy atom. The molecule has 0 heterocycles. The fraction of sp³-hybridized carbons (Fsp3) is 0.484. The van der Waals surface area contributed by atoms with Crippen molar-refractivity contribution in [1.29, 1.82) is 0 Å². The van der Waals surface area contributed by atoms with Crippen LogP contribution in [0.5, 0.6) is 11.5 Å². The van der Waals surface area contributed by atoms with E-state index >= 15 is 0 Å². The smallest absolute Gasteiger partial charge is 0.307 e. The van der Waals surface area contributed by atoms with Crippen LogP contribution in [0.25, 0.3) is 0 Å². The minimum Gasteiger partial charge on any atom is -0.481 e. The summed E-state index contributed by atoms with van der Waals surface area (Å²) < 4.78 is 6.14. The van der Waals surface area contributed by atoms with Crippen LogP contribution in [0.2, 0.25) is 0 Å². The zero-order valence-corrected chi connectivity index (χ0v) is 23.0. The van der Waals surface area contributed by atoms with E-state index in [9.17, 15) is 29.4 Å². The summed E-state index contributed by atoms with van der Waals surface area (Å²) in [4.78, 5) is 48.9. The van der Waals surface area contributed by atoms with Gasteiger partial charge in [0.05, 0.1) is 23.7 Å². The lowest BCUT2D eigenvalue weighted by molar-refractivity contribution is -0.148. The molecule has 2 saturated carbocycles. The first-order valence-electron chi connectivity index (χ1n) is 14.1. The molecule has 2 fully saturated rings. The lowest BCUT2D eigenvalue weighted by atomic mass is 9.78. The number of nitrogens with one attached hydrogen (secondary N) is 2. The summed E-state index contributed by atoms with van der Waals surface area (Å²) in [7, 11) is 0. The molecular weight excluding hydrogens is 512 g/mol. The van der Waals surface area contributed by atoms with E-state index < -0.39 is 35.6 Å². The van der Waals surface area contributed by atoms with Gasteiger partial charge in [0.2, 0.25) is 11.8 Å². The Hall–Kier alpha value is -3.88. The summed E-state index contributed by atoms with van der Waals surface area (Å²) in [5.74, 6) is -3.51. The number of rotatable bonds is 9. The molecule has 4 atom stereocenters. The molecule has 0 radical (unpaired) electrons. The average Bonchev–Trinajstić information content (AvgIpc) is 2.94. The Balaban J connectivity index is 1.41. The fourth-order valence-corrected chi connectivity index (χ4v) is 5.85. The molecule has 4 N–H and O–H groups in total. The van der Waals surface area contributed by atoms with Crippen molar-refractivity contribution < 1.29 is 34.1 Å². The van der Waals surface area contributed by atoms with E-state index in [1.807, 2.05) is 19.9 Å². The molecule has 2 aromatic carbocycles. The van der Waals surface area contributed by atoms with E-state index in [0.29, 0.717) is 48.6 Å². The molecule has 214 valence electrons. The zero-order chi connectivity index (χ0) is 28.8. The van der Waals surface area contributed by atoms with Gasteiger partial charge >= 0.3 is 11.9 Å². The van der Waals surface area contributed by atoms with Gasteiger partial charge in [-0.15, -0.1) is 0 Å². The highest BCUT2D eigenvalue weighted by molar-refractivity contribution is 5.96. The first-order chi connectivity index (χ1) is 19.1. The maximum Gasteiger partial charge on any atom is 0.307 e. The molecule has 2 aliphatic carbocycles. The average molecular weight is 551 g/mol. The van der Waals surface area contributed by atoms with Crippen molar-refractivity contribution in [1.82, 2.24) is 0 Å². The van der Waals surface area contributed by atoms with Crippen LogP contribution in [-0.2, 0) is 19.2 Å². The van der Waals surface area contributed by atoms with Crippen LogP contribution >= 0.6 is 0 Å². The first-order valence-corrected chi connectivity index (χ1v) is 14.1. The summed E-state index contributed by atoms with van der Waals surface area (Å²) in [6.07, 6.45) is 5.51. The number of carbonyl (C=O) groups is 4. The number of carboxylic acids is 2. The lowest BCUT2D eigenvalue weighted by Gasteiger charge is -2.27. The van der Waals surface area contributed by atoms with Gasteiger partial charge in [-0.2, -0.15) is 0 Å². The van der Waals surface area contributed by atoms with Gasteiger partial charge in [0, 0.05) is 11.4 Å². The molecule has 2 amide bonds. The molecule has 4 unspecified atom stereocenters. The van der Waals surface area contributed by atoms with E-state index in [1.165, 1.54) is 0 Å². The van der Waals surface area contributed by atoms with E-state index in [1.54, 1.807) is 36.4 Å². The second-order valence-corrected chi connectivity index (χ2v) is 11.2. The number of amides is 2. The number of anilines is 2. The lowest BCUT2D eigenvalue weighted by Crippen LogP contribution is -2.36. The molecule has 40 heavy (non-hydrogen) atoms. The van der Waals surface area contributed by atoms with Gasteiger partial charge in [-0.25, -0.2) is 0 Å². The zero-order valence-electron chi connectivity index (χ0n) is 23.0. The van der Waals surface area contributed by atoms with Crippen LogP contribution in [0.3, 0.4) is 0 Å². The second kappa shape index (κ2) is 13.0. The van der Waals surface area contributed by atoms with E-state index in [2.05, 4.69) is 10.6 Å². The minimum atomic E-state index is -0.923. The van der Waals surface area contributed by atoms with Crippen molar-refractivity contribution in [2.75, 3.05) is 10.6 Å². The van der Waals surface area contributed by atoms with Crippen molar-refractivity contribution in [2.45, 2.75) is 71.1 Å². The molecule has 0 bridgehead atoms. The summed E-state index contributed by atoms with van der Waals surface area (Å²) >= 11 is 0. The van der Waals surface area contributed by atoms with Crippen LogP contribution in [0.15, 0.2) is 42.5 Å². The summed E-state index contributed by atoms with van der Waals surface area (Å²) in [6, 6.07) is 12.3. The Kier molecular flexibility index (Phi) is 9.45. The summed E-state index contributed by atoms with van der Waals surface area (Å²) in [5.41, 5.74) is 2.04. The van der Waals surface area contributed by atoms with Gasteiger partial charge in [-0.1, -0.05) is 39.5 Å². The van der Waals surface area contributed by atoms with Crippen LogP contribution < -0.4 is 15.4 Å². The predicted octanol–water partition coefficient (Wildman–Crippen LogP) is 6.26. The Morgan fingerprint density at radius 3 is 1.62 bits per heavy atom. The molecule has 0 saturated heterocycles. The number of aliphatic carboxylic acids is 2. The fourth-order valence-electron chi connectivity index (χ4n) is 5.85. The predicted molar refractivity (Wildman–Crippen MR) is 150 cm³/mol. The molecule has 9 heteroatoms. The molecule has 0 aromatic heterocycles. The summed E-state index contributed by atoms with van der Waals surface area (Å²) in [6.45, 7) is 4.04. The molecule has 0 spiro atoms. The third kappa shape index (κ3) is 7.00. The molecule has 9 nitrogen and oxygen atoms in total. The number of ether oxygens (including phenoxy) is 1. The molecule has 2 aromatic rings. The SMILES string of the molecule is CC(C)c1cc(NC(=O)C2CCCCC2C(=O)O)ccc1Oc1ccc(NC(=O)C2CCCCC2C(=O)O)cc1. The van der Waals surface area contributed by atoms with Crippen LogP contribution in [0, 0.1) is 23.7 Å². The third-order valence-corrected chi connectivity index (χ3v) is 8.09. The number of benzene rings is 2. The van der Waals surface area contributed by atoms with Crippen LogP contribution in [0.1, 0.15) is 76.7 Å².